The minimum atomic E-state index is -3.96. The Balaban J connectivity index is 3.02. The molecule has 5 nitrogen and oxygen atoms in total. The second-order valence-corrected chi connectivity index (χ2v) is 7.27. The summed E-state index contributed by atoms with van der Waals surface area (Å²) in [4.78, 5) is 0. The molecule has 0 heterocycles. The lowest BCUT2D eigenvalue weighted by atomic mass is 10.3. The van der Waals surface area contributed by atoms with Crippen LogP contribution in [0.1, 0.15) is 13.8 Å². The van der Waals surface area contributed by atoms with Crippen LogP contribution in [0.2, 0.25) is 15.1 Å². The molecule has 0 saturated carbocycles. The van der Waals surface area contributed by atoms with Crippen LogP contribution in [-0.2, 0) is 13.7 Å². The van der Waals surface area contributed by atoms with Crippen molar-refractivity contribution >= 4 is 59.4 Å². The van der Waals surface area contributed by atoms with Gasteiger partial charge in [-0.15, -0.1) is 11.8 Å². The topological polar surface area (TPSA) is 57.1 Å². The molecule has 1 aromatic carbocycles. The summed E-state index contributed by atoms with van der Waals surface area (Å²) in [5.41, 5.74) is 0. The van der Waals surface area contributed by atoms with E-state index in [1.54, 1.807) is 20.1 Å². The van der Waals surface area contributed by atoms with Gasteiger partial charge < -0.3 is 4.52 Å². The molecule has 0 aliphatic heterocycles. The molecule has 0 fully saturated rings. The third-order valence-corrected chi connectivity index (χ3v) is 5.00. The highest BCUT2D eigenvalue weighted by Gasteiger charge is 2.31. The second-order valence-electron chi connectivity index (χ2n) is 3.55. The van der Waals surface area contributed by atoms with Gasteiger partial charge in [-0.3, -0.25) is 9.15 Å². The van der Waals surface area contributed by atoms with Crippen molar-refractivity contribution in [3.63, 3.8) is 0 Å². The number of halogens is 3. The van der Waals surface area contributed by atoms with Crippen molar-refractivity contribution in [2.45, 2.75) is 13.8 Å². The van der Waals surface area contributed by atoms with Gasteiger partial charge in [0.1, 0.15) is 5.04 Å². The summed E-state index contributed by atoms with van der Waals surface area (Å²) in [5, 5.41) is 4.79. The fourth-order valence-electron chi connectivity index (χ4n) is 1.06. The number of nitrogens with zero attached hydrogens (tertiary/aromatic N) is 1. The highest BCUT2D eigenvalue weighted by Crippen LogP contribution is 2.52. The van der Waals surface area contributed by atoms with E-state index in [1.807, 2.05) is 0 Å². The first-order chi connectivity index (χ1) is 9.81. The molecule has 1 atom stereocenters. The standard InChI is InChI=1S/C11H13Cl3NO4PS/c1-4-17-20(16,19-15-7(2)21-3)18-11-6-9(13)8(12)5-10(11)14/h5-6H,4H2,1-3H3/b15-7+. The third-order valence-electron chi connectivity index (χ3n) is 2.04. The van der Waals surface area contributed by atoms with Gasteiger partial charge in [0.2, 0.25) is 0 Å². The van der Waals surface area contributed by atoms with Crippen LogP contribution in [0.5, 0.6) is 5.75 Å². The largest absolute Gasteiger partial charge is 0.608 e. The highest BCUT2D eigenvalue weighted by molar-refractivity contribution is 8.13. The molecule has 0 aliphatic rings. The Bertz CT molecular complexity index is 585. The molecule has 21 heavy (non-hydrogen) atoms. The molecule has 118 valence electrons. The summed E-state index contributed by atoms with van der Waals surface area (Å²) in [6.45, 7) is 3.43. The number of phosphoric acid groups is 1. The van der Waals surface area contributed by atoms with Crippen molar-refractivity contribution < 1.29 is 18.2 Å². The summed E-state index contributed by atoms with van der Waals surface area (Å²) in [6, 6.07) is 2.69. The van der Waals surface area contributed by atoms with E-state index >= 15 is 0 Å². The SMILES string of the molecule is CCOP(=O)(O/N=C(\C)SC)Oc1cc(Cl)c(Cl)cc1Cl. The lowest BCUT2D eigenvalue weighted by Gasteiger charge is -2.16. The first kappa shape index (κ1) is 18.9. The zero-order valence-corrected chi connectivity index (χ0v) is 15.4. The lowest BCUT2D eigenvalue weighted by Crippen LogP contribution is -2.01. The molecular weight excluding hydrogens is 380 g/mol. The van der Waals surface area contributed by atoms with Gasteiger partial charge in [-0.2, -0.15) is 0 Å². The van der Waals surface area contributed by atoms with Gasteiger partial charge in [0, 0.05) is 6.07 Å². The number of benzene rings is 1. The van der Waals surface area contributed by atoms with Crippen LogP contribution in [0.4, 0.5) is 0 Å². The van der Waals surface area contributed by atoms with Gasteiger partial charge in [-0.25, -0.2) is 4.57 Å². The zero-order valence-electron chi connectivity index (χ0n) is 11.4. The van der Waals surface area contributed by atoms with E-state index < -0.39 is 7.82 Å². The molecular formula is C11H13Cl3NO4PS. The van der Waals surface area contributed by atoms with Gasteiger partial charge in [0.15, 0.2) is 5.75 Å². The maximum absolute atomic E-state index is 12.4. The van der Waals surface area contributed by atoms with E-state index in [9.17, 15) is 4.57 Å². The quantitative estimate of drug-likeness (QED) is 0.199. The van der Waals surface area contributed by atoms with Crippen molar-refractivity contribution in [2.75, 3.05) is 12.9 Å². The minimum absolute atomic E-state index is 0.0276. The number of thioether (sulfide) groups is 1. The van der Waals surface area contributed by atoms with Gasteiger partial charge in [0.25, 0.3) is 0 Å². The molecule has 0 saturated heterocycles. The number of hydrogen-bond donors (Lipinski definition) is 0. The molecule has 1 aromatic rings. The average Bonchev–Trinajstić information content (AvgIpc) is 2.42. The average molecular weight is 393 g/mol. The number of hydrogen-bond acceptors (Lipinski definition) is 6. The van der Waals surface area contributed by atoms with Crippen LogP contribution in [0.15, 0.2) is 17.3 Å². The van der Waals surface area contributed by atoms with Crippen LogP contribution >= 0.6 is 54.4 Å². The van der Waals surface area contributed by atoms with E-state index in [0.29, 0.717) is 5.04 Å². The van der Waals surface area contributed by atoms with Crippen molar-refractivity contribution in [1.29, 1.82) is 0 Å². The Hall–Kier alpha value is -0.100. The van der Waals surface area contributed by atoms with Crippen LogP contribution < -0.4 is 4.52 Å². The zero-order chi connectivity index (χ0) is 16.0. The molecule has 0 N–H and O–H groups in total. The maximum Gasteiger partial charge on any atom is 0.608 e. The summed E-state index contributed by atoms with van der Waals surface area (Å²) < 4.78 is 27.6. The Morgan fingerprint density at radius 1 is 1.29 bits per heavy atom. The van der Waals surface area contributed by atoms with Gasteiger partial charge in [0.05, 0.1) is 21.7 Å². The van der Waals surface area contributed by atoms with E-state index in [4.69, 9.17) is 48.5 Å². The fraction of sp³-hybridized carbons (Fsp3) is 0.364. The van der Waals surface area contributed by atoms with Crippen LogP contribution in [0.3, 0.4) is 0 Å². The molecule has 0 spiro atoms. The van der Waals surface area contributed by atoms with Crippen molar-refractivity contribution in [1.82, 2.24) is 0 Å². The normalized spacial score (nSPS) is 14.7. The molecule has 0 bridgehead atoms. The highest BCUT2D eigenvalue weighted by atomic mass is 35.5. The van der Waals surface area contributed by atoms with E-state index in [2.05, 4.69) is 5.16 Å². The molecule has 10 heteroatoms. The molecule has 1 rings (SSSR count). The molecule has 1 unspecified atom stereocenters. The Labute approximate surface area is 142 Å². The Morgan fingerprint density at radius 2 is 1.90 bits per heavy atom. The smallest absolute Gasteiger partial charge is 0.392 e. The molecule has 0 amide bonds. The van der Waals surface area contributed by atoms with Gasteiger partial charge >= 0.3 is 7.82 Å². The predicted octanol–water partition coefficient (Wildman–Crippen LogP) is 5.88. The summed E-state index contributed by atoms with van der Waals surface area (Å²) in [5.74, 6) is 0.0276. The van der Waals surface area contributed by atoms with Crippen molar-refractivity contribution in [2.24, 2.45) is 5.16 Å². The van der Waals surface area contributed by atoms with Crippen LogP contribution in [0.25, 0.3) is 0 Å². The fourth-order valence-corrected chi connectivity index (χ4v) is 2.92. The first-order valence-corrected chi connectivity index (χ1v) is 9.49. The minimum Gasteiger partial charge on any atom is -0.392 e. The van der Waals surface area contributed by atoms with Crippen molar-refractivity contribution in [3.05, 3.63) is 27.2 Å². The van der Waals surface area contributed by atoms with Crippen LogP contribution in [0, 0.1) is 0 Å². The van der Waals surface area contributed by atoms with Gasteiger partial charge in [-0.05, 0) is 26.2 Å². The summed E-state index contributed by atoms with van der Waals surface area (Å²) in [6.07, 6.45) is 1.80. The Morgan fingerprint density at radius 3 is 2.48 bits per heavy atom. The van der Waals surface area contributed by atoms with E-state index in [-0.39, 0.29) is 27.4 Å². The number of oxime groups is 1. The molecule has 0 aromatic heterocycles. The maximum atomic E-state index is 12.4. The molecule has 0 radical (unpaired) electrons. The summed E-state index contributed by atoms with van der Waals surface area (Å²) >= 11 is 19.0. The number of phosphoric ester groups is 1. The first-order valence-electron chi connectivity index (χ1n) is 5.67. The van der Waals surface area contributed by atoms with Crippen molar-refractivity contribution in [3.8, 4) is 5.75 Å². The van der Waals surface area contributed by atoms with Gasteiger partial charge in [-0.1, -0.05) is 40.0 Å². The lowest BCUT2D eigenvalue weighted by molar-refractivity contribution is 0.166. The van der Waals surface area contributed by atoms with Crippen LogP contribution in [-0.4, -0.2) is 17.9 Å². The van der Waals surface area contributed by atoms with E-state index in [0.717, 1.165) is 0 Å². The Kier molecular flexibility index (Phi) is 7.68. The third kappa shape index (κ3) is 5.89. The second kappa shape index (κ2) is 8.51. The molecule has 0 aliphatic carbocycles. The van der Waals surface area contributed by atoms with E-state index in [1.165, 1.54) is 23.9 Å². The summed E-state index contributed by atoms with van der Waals surface area (Å²) in [7, 11) is -3.96. The predicted molar refractivity (Wildman–Crippen MR) is 89.0 cm³/mol. The monoisotopic (exact) mass is 391 g/mol. The number of rotatable bonds is 6.